The number of piperazine rings is 1. The Hall–Kier alpha value is -3.93. The van der Waals surface area contributed by atoms with E-state index in [2.05, 4.69) is 10.2 Å². The van der Waals surface area contributed by atoms with Gasteiger partial charge in [-0.3, -0.25) is 4.79 Å². The molecule has 3 rings (SSSR count). The zero-order valence-electron chi connectivity index (χ0n) is 15.2. The summed E-state index contributed by atoms with van der Waals surface area (Å²) in [7, 11) is 0. The van der Waals surface area contributed by atoms with Crippen LogP contribution < -0.4 is 10.2 Å². The fourth-order valence-corrected chi connectivity index (χ4v) is 3.28. The number of nitriles is 3. The van der Waals surface area contributed by atoms with Crippen molar-refractivity contribution in [1.29, 1.82) is 15.8 Å². The average molecular weight is 407 g/mol. The molecular weight excluding hydrogens is 392 g/mol. The largest absolute Gasteiger partial charge is 0.459 e. The third-order valence-electron chi connectivity index (χ3n) is 4.44. The van der Waals surface area contributed by atoms with Gasteiger partial charge < -0.3 is 19.5 Å². The van der Waals surface area contributed by atoms with Crippen LogP contribution in [-0.2, 0) is 0 Å². The monoisotopic (exact) mass is 406 g/mol. The maximum Gasteiger partial charge on any atom is 0.289 e. The smallest absolute Gasteiger partial charge is 0.289 e. The number of hydrogen-bond donors (Lipinski definition) is 1. The lowest BCUT2D eigenvalue weighted by Crippen LogP contribution is -2.48. The number of carbonyl (C=O) groups excluding carboxylic acids is 1. The summed E-state index contributed by atoms with van der Waals surface area (Å²) in [5.74, 6) is 0.185. The summed E-state index contributed by atoms with van der Waals surface area (Å²) in [6, 6.07) is 13.6. The van der Waals surface area contributed by atoms with Crippen LogP contribution in [0.2, 0.25) is 5.02 Å². The Morgan fingerprint density at radius 3 is 2.34 bits per heavy atom. The van der Waals surface area contributed by atoms with Crippen molar-refractivity contribution in [3.05, 3.63) is 58.6 Å². The molecule has 0 radical (unpaired) electrons. The number of carbonyl (C=O) groups is 1. The Bertz CT molecular complexity index is 1050. The van der Waals surface area contributed by atoms with Gasteiger partial charge in [-0.2, -0.15) is 15.8 Å². The van der Waals surface area contributed by atoms with Crippen molar-refractivity contribution in [3.8, 4) is 18.2 Å². The second-order valence-corrected chi connectivity index (χ2v) is 6.54. The maximum absolute atomic E-state index is 12.4. The predicted octanol–water partition coefficient (Wildman–Crippen LogP) is 3.13. The van der Waals surface area contributed by atoms with Crippen LogP contribution in [0.4, 0.5) is 11.4 Å². The lowest BCUT2D eigenvalue weighted by Gasteiger charge is -2.36. The van der Waals surface area contributed by atoms with Gasteiger partial charge in [0.1, 0.15) is 23.9 Å². The first kappa shape index (κ1) is 19.8. The van der Waals surface area contributed by atoms with E-state index < -0.39 is 0 Å². The van der Waals surface area contributed by atoms with Crippen LogP contribution in [0.1, 0.15) is 10.6 Å². The Kier molecular flexibility index (Phi) is 6.04. The Balaban J connectivity index is 1.68. The molecule has 1 fully saturated rings. The van der Waals surface area contributed by atoms with E-state index in [-0.39, 0.29) is 17.2 Å². The molecule has 1 amide bonds. The highest BCUT2D eigenvalue weighted by Crippen LogP contribution is 2.30. The van der Waals surface area contributed by atoms with Crippen molar-refractivity contribution >= 4 is 28.9 Å². The summed E-state index contributed by atoms with van der Waals surface area (Å²) in [6.07, 6.45) is 1.47. The second-order valence-electron chi connectivity index (χ2n) is 6.13. The average Bonchev–Trinajstić information content (AvgIpc) is 3.28. The number of hydrogen-bond acceptors (Lipinski definition) is 7. The minimum atomic E-state index is -0.301. The van der Waals surface area contributed by atoms with Gasteiger partial charge in [0.2, 0.25) is 0 Å². The van der Waals surface area contributed by atoms with Crippen molar-refractivity contribution < 1.29 is 9.21 Å². The molecule has 0 saturated carbocycles. The number of nitrogens with one attached hydrogen (secondary N) is 1. The highest BCUT2D eigenvalue weighted by Gasteiger charge is 2.24. The molecule has 8 nitrogen and oxygen atoms in total. The Labute approximate surface area is 172 Å². The normalized spacial score (nSPS) is 13.0. The first-order valence-electron chi connectivity index (χ1n) is 8.66. The number of furan rings is 1. The van der Waals surface area contributed by atoms with Crippen molar-refractivity contribution in [2.45, 2.75) is 0 Å². The number of anilines is 2. The molecule has 1 saturated heterocycles. The molecule has 0 unspecified atom stereocenters. The molecule has 1 aromatic carbocycles. The van der Waals surface area contributed by atoms with Gasteiger partial charge in [0, 0.05) is 31.9 Å². The molecule has 2 heterocycles. The van der Waals surface area contributed by atoms with Gasteiger partial charge in [0.15, 0.2) is 11.3 Å². The van der Waals surface area contributed by atoms with Crippen LogP contribution in [0.25, 0.3) is 0 Å². The molecule has 29 heavy (non-hydrogen) atoms. The highest BCUT2D eigenvalue weighted by atomic mass is 35.5. The van der Waals surface area contributed by atoms with Crippen LogP contribution in [0, 0.1) is 34.0 Å². The molecule has 1 aliphatic heterocycles. The lowest BCUT2D eigenvalue weighted by atomic mass is 10.2. The number of benzene rings is 1. The summed E-state index contributed by atoms with van der Waals surface area (Å²) in [5.41, 5.74) is 0.851. The van der Waals surface area contributed by atoms with Crippen LogP contribution in [-0.4, -0.2) is 37.0 Å². The summed E-state index contributed by atoms with van der Waals surface area (Å²) in [5, 5.41) is 30.1. The molecular formula is C20H15ClN6O2. The number of allylic oxidation sites excluding steroid dienone is 2. The molecule has 1 aliphatic rings. The molecule has 0 aliphatic carbocycles. The van der Waals surface area contributed by atoms with E-state index in [1.165, 1.54) is 6.26 Å². The summed E-state index contributed by atoms with van der Waals surface area (Å²) >= 11 is 6.41. The van der Waals surface area contributed by atoms with Gasteiger partial charge in [0.05, 0.1) is 17.0 Å². The minimum Gasteiger partial charge on any atom is -0.459 e. The zero-order valence-corrected chi connectivity index (χ0v) is 16.0. The van der Waals surface area contributed by atoms with Crippen LogP contribution in [0.5, 0.6) is 0 Å². The van der Waals surface area contributed by atoms with Gasteiger partial charge in [-0.05, 0) is 30.3 Å². The van der Waals surface area contributed by atoms with E-state index >= 15 is 0 Å². The van der Waals surface area contributed by atoms with Gasteiger partial charge in [-0.1, -0.05) is 11.6 Å². The number of amides is 1. The predicted molar refractivity (Wildman–Crippen MR) is 106 cm³/mol. The van der Waals surface area contributed by atoms with Gasteiger partial charge in [-0.15, -0.1) is 0 Å². The molecule has 2 aromatic rings. The Morgan fingerprint density at radius 2 is 1.79 bits per heavy atom. The Morgan fingerprint density at radius 1 is 1.07 bits per heavy atom. The third-order valence-corrected chi connectivity index (χ3v) is 4.74. The summed E-state index contributed by atoms with van der Waals surface area (Å²) < 4.78 is 5.17. The van der Waals surface area contributed by atoms with Crippen molar-refractivity contribution in [1.82, 2.24) is 4.90 Å². The van der Waals surface area contributed by atoms with E-state index in [1.54, 1.807) is 53.4 Å². The molecule has 0 spiro atoms. The van der Waals surface area contributed by atoms with E-state index in [0.717, 1.165) is 5.69 Å². The van der Waals surface area contributed by atoms with Crippen LogP contribution in [0.3, 0.4) is 0 Å². The van der Waals surface area contributed by atoms with E-state index in [4.69, 9.17) is 31.8 Å². The fourth-order valence-electron chi connectivity index (χ4n) is 2.98. The van der Waals surface area contributed by atoms with Crippen molar-refractivity contribution in [2.75, 3.05) is 36.4 Å². The zero-order chi connectivity index (χ0) is 20.8. The second kappa shape index (κ2) is 8.84. The van der Waals surface area contributed by atoms with E-state index in [9.17, 15) is 4.79 Å². The van der Waals surface area contributed by atoms with Crippen molar-refractivity contribution in [3.63, 3.8) is 0 Å². The van der Waals surface area contributed by atoms with E-state index in [0.29, 0.717) is 42.6 Å². The van der Waals surface area contributed by atoms with Crippen LogP contribution in [0.15, 0.2) is 52.3 Å². The SMILES string of the molecule is N#CC(C#N)=C(C#N)Nc1ccc(N2CCN(C(=O)c3ccco3)CC2)c(Cl)c1. The number of rotatable bonds is 4. The maximum atomic E-state index is 12.4. The minimum absolute atomic E-state index is 0.135. The highest BCUT2D eigenvalue weighted by molar-refractivity contribution is 6.33. The number of nitrogens with zero attached hydrogens (tertiary/aromatic N) is 5. The first-order valence-corrected chi connectivity index (χ1v) is 9.04. The van der Waals surface area contributed by atoms with Crippen LogP contribution >= 0.6 is 11.6 Å². The van der Waals surface area contributed by atoms with Gasteiger partial charge in [0.25, 0.3) is 5.91 Å². The molecule has 0 bridgehead atoms. The number of halogens is 1. The standard InChI is InChI=1S/C20H15ClN6O2/c21-16-10-15(25-17(13-24)14(11-22)12-23)3-4-18(16)26-5-7-27(8-6-26)20(28)19-2-1-9-29-19/h1-4,9-10,25H,5-8H2. The summed E-state index contributed by atoms with van der Waals surface area (Å²) in [4.78, 5) is 16.1. The lowest BCUT2D eigenvalue weighted by molar-refractivity contribution is 0.0714. The molecule has 9 heteroatoms. The van der Waals surface area contributed by atoms with Crippen molar-refractivity contribution in [2.24, 2.45) is 0 Å². The molecule has 0 atom stereocenters. The topological polar surface area (TPSA) is 120 Å². The van der Waals surface area contributed by atoms with E-state index in [1.807, 2.05) is 0 Å². The third kappa shape index (κ3) is 4.32. The summed E-state index contributed by atoms with van der Waals surface area (Å²) in [6.45, 7) is 2.28. The quantitative estimate of drug-likeness (QED) is 0.774. The fraction of sp³-hybridized carbons (Fsp3) is 0.200. The molecule has 144 valence electrons. The molecule has 1 aromatic heterocycles. The first-order chi connectivity index (χ1) is 14.1. The van der Waals surface area contributed by atoms with Gasteiger partial charge in [-0.25, -0.2) is 0 Å². The molecule has 1 N–H and O–H groups in total. The van der Waals surface area contributed by atoms with Gasteiger partial charge >= 0.3 is 0 Å².